The van der Waals surface area contributed by atoms with Gasteiger partial charge in [-0.25, -0.2) is 4.98 Å². The van der Waals surface area contributed by atoms with Crippen LogP contribution in [0.5, 0.6) is 0 Å². The molecule has 2 aromatic rings. The standard InChI is InChI=1S/C17H20N4O/c1-13-7-10-21(17(22)15-12-18-8-9-19-15)16(11-13)20-14-5-3-2-4-6-14/h7-12,14H,2-6H2,1H3. The molecule has 5 heteroatoms. The molecule has 114 valence electrons. The molecular weight excluding hydrogens is 276 g/mol. The quantitative estimate of drug-likeness (QED) is 0.855. The predicted molar refractivity (Wildman–Crippen MR) is 83.4 cm³/mol. The van der Waals surface area contributed by atoms with E-state index in [9.17, 15) is 4.79 Å². The number of carbonyl (C=O) groups is 1. The van der Waals surface area contributed by atoms with E-state index in [4.69, 9.17) is 4.99 Å². The van der Waals surface area contributed by atoms with Crippen molar-refractivity contribution in [3.63, 3.8) is 0 Å². The normalized spacial score (nSPS) is 16.7. The van der Waals surface area contributed by atoms with Crippen LogP contribution in [0.25, 0.3) is 0 Å². The fourth-order valence-corrected chi connectivity index (χ4v) is 2.79. The number of hydrogen-bond acceptors (Lipinski definition) is 4. The van der Waals surface area contributed by atoms with Gasteiger partial charge in [0.05, 0.1) is 12.2 Å². The summed E-state index contributed by atoms with van der Waals surface area (Å²) in [5.74, 6) is -0.192. The van der Waals surface area contributed by atoms with Gasteiger partial charge in [-0.05, 0) is 37.5 Å². The lowest BCUT2D eigenvalue weighted by atomic mass is 9.96. The van der Waals surface area contributed by atoms with Crippen LogP contribution in [0.1, 0.15) is 48.2 Å². The number of carbonyl (C=O) groups excluding carboxylic acids is 1. The first-order valence-corrected chi connectivity index (χ1v) is 7.78. The highest BCUT2D eigenvalue weighted by Gasteiger charge is 2.14. The highest BCUT2D eigenvalue weighted by molar-refractivity contribution is 5.93. The highest BCUT2D eigenvalue weighted by Crippen LogP contribution is 2.19. The summed E-state index contributed by atoms with van der Waals surface area (Å²) < 4.78 is 1.58. The van der Waals surface area contributed by atoms with Crippen LogP contribution in [0, 0.1) is 6.92 Å². The molecular formula is C17H20N4O. The average molecular weight is 296 g/mol. The van der Waals surface area contributed by atoms with Crippen LogP contribution < -0.4 is 5.49 Å². The maximum atomic E-state index is 12.6. The molecule has 0 aliphatic heterocycles. The van der Waals surface area contributed by atoms with Crippen molar-refractivity contribution in [3.8, 4) is 0 Å². The number of pyridine rings is 1. The van der Waals surface area contributed by atoms with E-state index in [0.29, 0.717) is 17.2 Å². The maximum Gasteiger partial charge on any atom is 0.283 e. The fourth-order valence-electron chi connectivity index (χ4n) is 2.79. The summed E-state index contributed by atoms with van der Waals surface area (Å²) in [6.07, 6.45) is 12.3. The van der Waals surface area contributed by atoms with Gasteiger partial charge < -0.3 is 0 Å². The van der Waals surface area contributed by atoms with E-state index in [2.05, 4.69) is 9.97 Å². The first kappa shape index (κ1) is 14.6. The van der Waals surface area contributed by atoms with Crippen molar-refractivity contribution in [1.82, 2.24) is 14.5 Å². The zero-order valence-corrected chi connectivity index (χ0v) is 12.8. The number of hydrogen-bond donors (Lipinski definition) is 0. The summed E-state index contributed by atoms with van der Waals surface area (Å²) in [6.45, 7) is 2.01. The first-order chi connectivity index (χ1) is 10.7. The Hall–Kier alpha value is -2.30. The summed E-state index contributed by atoms with van der Waals surface area (Å²) in [7, 11) is 0. The Balaban J connectivity index is 2.01. The van der Waals surface area contributed by atoms with Crippen molar-refractivity contribution in [1.29, 1.82) is 0 Å². The zero-order valence-electron chi connectivity index (χ0n) is 12.8. The summed E-state index contributed by atoms with van der Waals surface area (Å²) in [5, 5.41) is 0. The zero-order chi connectivity index (χ0) is 15.4. The third-order valence-corrected chi connectivity index (χ3v) is 3.98. The second-order valence-electron chi connectivity index (χ2n) is 5.75. The number of rotatable bonds is 2. The summed E-state index contributed by atoms with van der Waals surface area (Å²) in [5.41, 5.74) is 2.14. The van der Waals surface area contributed by atoms with Crippen LogP contribution in [0.4, 0.5) is 0 Å². The molecule has 0 amide bonds. The van der Waals surface area contributed by atoms with E-state index in [1.165, 1.54) is 31.7 Å². The molecule has 1 aliphatic rings. The second kappa shape index (κ2) is 6.64. The number of aromatic nitrogens is 3. The lowest BCUT2D eigenvalue weighted by molar-refractivity contribution is 0.0949. The van der Waals surface area contributed by atoms with Crippen LogP contribution in [-0.4, -0.2) is 26.5 Å². The molecule has 0 atom stereocenters. The molecule has 0 unspecified atom stereocenters. The molecule has 2 heterocycles. The van der Waals surface area contributed by atoms with Gasteiger partial charge in [-0.2, -0.15) is 0 Å². The highest BCUT2D eigenvalue weighted by atomic mass is 16.2. The van der Waals surface area contributed by atoms with Gasteiger partial charge in [0.1, 0.15) is 11.2 Å². The molecule has 1 aliphatic carbocycles. The van der Waals surface area contributed by atoms with Gasteiger partial charge >= 0.3 is 0 Å². The predicted octanol–water partition coefficient (Wildman–Crippen LogP) is 2.51. The molecule has 0 N–H and O–H groups in total. The van der Waals surface area contributed by atoms with E-state index >= 15 is 0 Å². The Morgan fingerprint density at radius 3 is 2.82 bits per heavy atom. The van der Waals surface area contributed by atoms with Crippen LogP contribution in [0.3, 0.4) is 0 Å². The van der Waals surface area contributed by atoms with Crippen molar-refractivity contribution in [3.05, 3.63) is 53.7 Å². The van der Waals surface area contributed by atoms with E-state index in [0.717, 1.165) is 18.4 Å². The minimum atomic E-state index is -0.192. The van der Waals surface area contributed by atoms with Crippen molar-refractivity contribution in [2.24, 2.45) is 4.99 Å². The molecule has 0 saturated heterocycles. The first-order valence-electron chi connectivity index (χ1n) is 7.78. The van der Waals surface area contributed by atoms with Crippen LogP contribution in [0.2, 0.25) is 0 Å². The van der Waals surface area contributed by atoms with Gasteiger partial charge in [-0.15, -0.1) is 0 Å². The largest absolute Gasteiger partial charge is 0.283 e. The molecule has 0 spiro atoms. The topological polar surface area (TPSA) is 60.1 Å². The Labute approximate surface area is 129 Å². The number of nitrogens with zero attached hydrogens (tertiary/aromatic N) is 4. The maximum absolute atomic E-state index is 12.6. The van der Waals surface area contributed by atoms with Gasteiger partial charge in [0.15, 0.2) is 0 Å². The van der Waals surface area contributed by atoms with Gasteiger partial charge in [-0.3, -0.25) is 19.3 Å². The van der Waals surface area contributed by atoms with Gasteiger partial charge in [0.25, 0.3) is 5.91 Å². The van der Waals surface area contributed by atoms with E-state index in [1.54, 1.807) is 17.0 Å². The molecule has 2 aromatic heterocycles. The summed E-state index contributed by atoms with van der Waals surface area (Å²) in [6, 6.07) is 4.19. The Morgan fingerprint density at radius 1 is 1.27 bits per heavy atom. The minimum Gasteiger partial charge on any atom is -0.266 e. The van der Waals surface area contributed by atoms with Gasteiger partial charge in [0.2, 0.25) is 0 Å². The SMILES string of the molecule is Cc1ccn(C(=O)c2cnccn2)c(=NC2CCCCC2)c1. The smallest absolute Gasteiger partial charge is 0.266 e. The molecule has 0 aromatic carbocycles. The van der Waals surface area contributed by atoms with E-state index < -0.39 is 0 Å². The monoisotopic (exact) mass is 296 g/mol. The van der Waals surface area contributed by atoms with Gasteiger partial charge in [0, 0.05) is 18.6 Å². The van der Waals surface area contributed by atoms with E-state index in [-0.39, 0.29) is 5.91 Å². The molecule has 22 heavy (non-hydrogen) atoms. The Kier molecular flexibility index (Phi) is 4.42. The lowest BCUT2D eigenvalue weighted by Gasteiger charge is -2.18. The van der Waals surface area contributed by atoms with Crippen molar-refractivity contribution in [2.75, 3.05) is 0 Å². The third-order valence-electron chi connectivity index (χ3n) is 3.98. The molecule has 1 fully saturated rings. The van der Waals surface area contributed by atoms with Crippen LogP contribution in [-0.2, 0) is 0 Å². The molecule has 3 rings (SSSR count). The Morgan fingerprint density at radius 2 is 2.09 bits per heavy atom. The molecule has 1 saturated carbocycles. The lowest BCUT2D eigenvalue weighted by Crippen LogP contribution is -2.30. The fraction of sp³-hybridized carbons (Fsp3) is 0.412. The average Bonchev–Trinajstić information content (AvgIpc) is 2.56. The minimum absolute atomic E-state index is 0.192. The van der Waals surface area contributed by atoms with Crippen molar-refractivity contribution >= 4 is 5.91 Å². The molecule has 5 nitrogen and oxygen atoms in total. The van der Waals surface area contributed by atoms with Crippen molar-refractivity contribution < 1.29 is 4.79 Å². The second-order valence-corrected chi connectivity index (χ2v) is 5.75. The van der Waals surface area contributed by atoms with Crippen LogP contribution in [0.15, 0.2) is 41.9 Å². The summed E-state index contributed by atoms with van der Waals surface area (Å²) in [4.78, 5) is 25.5. The summed E-state index contributed by atoms with van der Waals surface area (Å²) >= 11 is 0. The number of aryl methyl sites for hydroxylation is 1. The van der Waals surface area contributed by atoms with Gasteiger partial charge in [-0.1, -0.05) is 19.3 Å². The van der Waals surface area contributed by atoms with Crippen molar-refractivity contribution in [2.45, 2.75) is 45.1 Å². The van der Waals surface area contributed by atoms with Crippen LogP contribution >= 0.6 is 0 Å². The Bertz CT molecular complexity index is 715. The molecule has 0 radical (unpaired) electrons. The third kappa shape index (κ3) is 3.30. The molecule has 0 bridgehead atoms. The van der Waals surface area contributed by atoms with E-state index in [1.807, 2.05) is 19.1 Å².